The van der Waals surface area contributed by atoms with Crippen LogP contribution in [-0.2, 0) is 9.47 Å². The summed E-state index contributed by atoms with van der Waals surface area (Å²) in [6.07, 6.45) is 8.30. The van der Waals surface area contributed by atoms with E-state index in [2.05, 4.69) is 20.8 Å². The lowest BCUT2D eigenvalue weighted by molar-refractivity contribution is -0.138. The fourth-order valence-electron chi connectivity index (χ4n) is 2.93. The Kier molecular flexibility index (Phi) is 3.91. The molecule has 1 saturated carbocycles. The second kappa shape index (κ2) is 5.05. The molecule has 1 saturated heterocycles. The molecule has 0 aromatic carbocycles. The smallest absolute Gasteiger partial charge is 0.0651 e. The molecular weight excluding hydrogens is 200 g/mol. The lowest BCUT2D eigenvalue weighted by Gasteiger charge is -2.38. The van der Waals surface area contributed by atoms with Crippen LogP contribution >= 0.6 is 0 Å². The highest BCUT2D eigenvalue weighted by Crippen LogP contribution is 2.31. The van der Waals surface area contributed by atoms with Crippen LogP contribution in [0.5, 0.6) is 0 Å². The van der Waals surface area contributed by atoms with E-state index in [4.69, 9.17) is 9.47 Å². The molecule has 1 heterocycles. The van der Waals surface area contributed by atoms with Gasteiger partial charge in [-0.2, -0.15) is 0 Å². The van der Waals surface area contributed by atoms with E-state index in [1.807, 2.05) is 0 Å². The predicted molar refractivity (Wildman–Crippen MR) is 65.6 cm³/mol. The molecule has 0 bridgehead atoms. The van der Waals surface area contributed by atoms with Crippen LogP contribution in [0.1, 0.15) is 59.3 Å². The van der Waals surface area contributed by atoms with E-state index in [-0.39, 0.29) is 5.60 Å². The van der Waals surface area contributed by atoms with Gasteiger partial charge < -0.3 is 9.47 Å². The summed E-state index contributed by atoms with van der Waals surface area (Å²) in [5.74, 6) is 0.908. The Morgan fingerprint density at radius 1 is 1.00 bits per heavy atom. The topological polar surface area (TPSA) is 18.5 Å². The molecule has 2 heteroatoms. The predicted octanol–water partition coefficient (Wildman–Crippen LogP) is 3.54. The van der Waals surface area contributed by atoms with Crippen LogP contribution in [0.15, 0.2) is 0 Å². The number of hydrogen-bond donors (Lipinski definition) is 0. The molecule has 94 valence electrons. The molecule has 2 fully saturated rings. The molecular formula is C14H26O2. The summed E-state index contributed by atoms with van der Waals surface area (Å²) in [4.78, 5) is 0. The van der Waals surface area contributed by atoms with Crippen LogP contribution in [-0.4, -0.2) is 24.4 Å². The van der Waals surface area contributed by atoms with Gasteiger partial charge in [-0.05, 0) is 51.9 Å². The maximum atomic E-state index is 6.24. The van der Waals surface area contributed by atoms with Crippen molar-refractivity contribution in [1.82, 2.24) is 0 Å². The SMILES string of the molecule is CC1(C)CC(O[C@H]2CC[C@H](C)CC2)CCO1. The first-order valence-electron chi connectivity index (χ1n) is 6.84. The molecule has 1 atom stereocenters. The van der Waals surface area contributed by atoms with Gasteiger partial charge in [-0.1, -0.05) is 6.92 Å². The molecule has 2 nitrogen and oxygen atoms in total. The minimum Gasteiger partial charge on any atom is -0.375 e. The van der Waals surface area contributed by atoms with Gasteiger partial charge in [-0.25, -0.2) is 0 Å². The molecule has 0 amide bonds. The Labute approximate surface area is 99.7 Å². The molecule has 1 aliphatic heterocycles. The Morgan fingerprint density at radius 3 is 2.31 bits per heavy atom. The Balaban J connectivity index is 1.76. The average molecular weight is 226 g/mol. The van der Waals surface area contributed by atoms with Crippen molar-refractivity contribution in [2.45, 2.75) is 77.1 Å². The van der Waals surface area contributed by atoms with Gasteiger partial charge in [0, 0.05) is 13.0 Å². The minimum atomic E-state index is 0.0187. The van der Waals surface area contributed by atoms with Crippen LogP contribution in [0.3, 0.4) is 0 Å². The van der Waals surface area contributed by atoms with Crippen molar-refractivity contribution < 1.29 is 9.47 Å². The fraction of sp³-hybridized carbons (Fsp3) is 1.00. The summed E-state index contributed by atoms with van der Waals surface area (Å²) in [5.41, 5.74) is 0.0187. The van der Waals surface area contributed by atoms with Gasteiger partial charge >= 0.3 is 0 Å². The molecule has 0 radical (unpaired) electrons. The van der Waals surface area contributed by atoms with E-state index in [1.165, 1.54) is 25.7 Å². The van der Waals surface area contributed by atoms with Crippen LogP contribution in [0.4, 0.5) is 0 Å². The van der Waals surface area contributed by atoms with E-state index in [9.17, 15) is 0 Å². The van der Waals surface area contributed by atoms with E-state index < -0.39 is 0 Å². The normalized spacial score (nSPS) is 39.6. The van der Waals surface area contributed by atoms with Gasteiger partial charge in [0.25, 0.3) is 0 Å². The van der Waals surface area contributed by atoms with Crippen molar-refractivity contribution in [1.29, 1.82) is 0 Å². The molecule has 1 aliphatic carbocycles. The Bertz CT molecular complexity index is 217. The largest absolute Gasteiger partial charge is 0.375 e. The summed E-state index contributed by atoms with van der Waals surface area (Å²) >= 11 is 0. The van der Waals surface area contributed by atoms with Gasteiger partial charge in [0.1, 0.15) is 0 Å². The highest BCUT2D eigenvalue weighted by Gasteiger charge is 2.31. The Morgan fingerprint density at radius 2 is 1.69 bits per heavy atom. The van der Waals surface area contributed by atoms with Gasteiger partial charge in [-0.3, -0.25) is 0 Å². The van der Waals surface area contributed by atoms with Gasteiger partial charge in [0.05, 0.1) is 17.8 Å². The fourth-order valence-corrected chi connectivity index (χ4v) is 2.93. The first-order chi connectivity index (χ1) is 7.55. The first-order valence-corrected chi connectivity index (χ1v) is 6.84. The first kappa shape index (κ1) is 12.4. The van der Waals surface area contributed by atoms with Gasteiger partial charge in [0.2, 0.25) is 0 Å². The van der Waals surface area contributed by atoms with Gasteiger partial charge in [-0.15, -0.1) is 0 Å². The van der Waals surface area contributed by atoms with Crippen molar-refractivity contribution in [3.8, 4) is 0 Å². The maximum Gasteiger partial charge on any atom is 0.0651 e. The minimum absolute atomic E-state index is 0.0187. The highest BCUT2D eigenvalue weighted by atomic mass is 16.5. The van der Waals surface area contributed by atoms with Crippen molar-refractivity contribution in [3.63, 3.8) is 0 Å². The summed E-state index contributed by atoms with van der Waals surface area (Å²) in [5, 5.41) is 0. The maximum absolute atomic E-state index is 6.24. The highest BCUT2D eigenvalue weighted by molar-refractivity contribution is 4.81. The van der Waals surface area contributed by atoms with Crippen LogP contribution in [0.2, 0.25) is 0 Å². The van der Waals surface area contributed by atoms with Crippen LogP contribution < -0.4 is 0 Å². The van der Waals surface area contributed by atoms with E-state index in [0.29, 0.717) is 12.2 Å². The molecule has 2 aliphatic rings. The standard InChI is InChI=1S/C14H26O2/c1-11-4-6-12(7-5-11)16-13-8-9-15-14(2,3)10-13/h11-13H,4-10H2,1-3H3/t11-,12-,13?. The quantitative estimate of drug-likeness (QED) is 0.717. The third-order valence-corrected chi connectivity index (χ3v) is 4.00. The monoisotopic (exact) mass is 226 g/mol. The number of rotatable bonds is 2. The number of hydrogen-bond acceptors (Lipinski definition) is 2. The second-order valence-corrected chi connectivity index (χ2v) is 6.24. The summed E-state index contributed by atoms with van der Waals surface area (Å²) in [7, 11) is 0. The van der Waals surface area contributed by atoms with Crippen molar-refractivity contribution in [2.75, 3.05) is 6.61 Å². The lowest BCUT2D eigenvalue weighted by Crippen LogP contribution is -2.39. The third-order valence-electron chi connectivity index (χ3n) is 4.00. The van der Waals surface area contributed by atoms with Gasteiger partial charge in [0.15, 0.2) is 0 Å². The lowest BCUT2D eigenvalue weighted by atomic mass is 9.88. The van der Waals surface area contributed by atoms with Crippen molar-refractivity contribution in [3.05, 3.63) is 0 Å². The molecule has 0 aromatic heterocycles. The molecule has 2 rings (SSSR count). The zero-order valence-corrected chi connectivity index (χ0v) is 11.0. The molecule has 0 aromatic rings. The van der Waals surface area contributed by atoms with Crippen LogP contribution in [0.25, 0.3) is 0 Å². The summed E-state index contributed by atoms with van der Waals surface area (Å²) in [6.45, 7) is 7.56. The van der Waals surface area contributed by atoms with Crippen LogP contribution in [0, 0.1) is 5.92 Å². The second-order valence-electron chi connectivity index (χ2n) is 6.24. The Hall–Kier alpha value is -0.0800. The zero-order valence-electron chi connectivity index (χ0n) is 11.0. The summed E-state index contributed by atoms with van der Waals surface area (Å²) < 4.78 is 12.0. The van der Waals surface area contributed by atoms with E-state index >= 15 is 0 Å². The molecule has 16 heavy (non-hydrogen) atoms. The summed E-state index contributed by atoms with van der Waals surface area (Å²) in [6, 6.07) is 0. The van der Waals surface area contributed by atoms with Crippen molar-refractivity contribution >= 4 is 0 Å². The average Bonchev–Trinajstić information content (AvgIpc) is 2.20. The zero-order chi connectivity index (χ0) is 11.6. The molecule has 0 spiro atoms. The number of ether oxygens (including phenoxy) is 2. The third kappa shape index (κ3) is 3.46. The van der Waals surface area contributed by atoms with Crippen molar-refractivity contribution in [2.24, 2.45) is 5.92 Å². The molecule has 1 unspecified atom stereocenters. The van der Waals surface area contributed by atoms with E-state index in [1.54, 1.807) is 0 Å². The van der Waals surface area contributed by atoms with E-state index in [0.717, 1.165) is 25.4 Å². The molecule has 0 N–H and O–H groups in total.